The Labute approximate surface area is 465 Å². The smallest absolute Gasteiger partial charge is 0.422 e. The fourth-order valence-electron chi connectivity index (χ4n) is 7.91. The molecule has 8 rings (SSSR count). The van der Waals surface area contributed by atoms with Crippen molar-refractivity contribution in [3.63, 3.8) is 0 Å². The lowest BCUT2D eigenvalue weighted by atomic mass is 9.95. The van der Waals surface area contributed by atoms with E-state index in [2.05, 4.69) is 54.8 Å². The van der Waals surface area contributed by atoms with Gasteiger partial charge in [0, 0.05) is 35.8 Å². The number of fused-ring (bicyclic) bond motifs is 2. The van der Waals surface area contributed by atoms with Gasteiger partial charge >= 0.3 is 30.1 Å². The number of esters is 4. The molecule has 408 valence electrons. The molecule has 2 heterocycles. The SMILES string of the molecule is C=CCC(C)c1ccc2nc(C#Cc3nnc(-c4cc(OCCCOC(=O)C(=C)C(F)(F)F)cc(OCCOC(=O)C=C)c4-c4ccc5cc(C(=O)Oc6ccc(CCC(=O)Oc7ccc(C)cc7)c(F)c6)ccc5c4)s3)sc2c1. The highest BCUT2D eigenvalue weighted by atomic mass is 32.1. The Morgan fingerprint density at radius 1 is 0.750 bits per heavy atom. The van der Waals surface area contributed by atoms with E-state index in [9.17, 15) is 32.3 Å². The minimum atomic E-state index is -4.95. The number of aryl methyl sites for hydroxylation is 2. The van der Waals surface area contributed by atoms with E-state index in [0.29, 0.717) is 48.2 Å². The summed E-state index contributed by atoms with van der Waals surface area (Å²) in [5.74, 6) is 3.10. The van der Waals surface area contributed by atoms with Crippen molar-refractivity contribution in [2.45, 2.75) is 51.6 Å². The van der Waals surface area contributed by atoms with Gasteiger partial charge in [-0.25, -0.2) is 23.8 Å². The molecule has 0 N–H and O–H groups in total. The Kier molecular flexibility index (Phi) is 18.7. The summed E-state index contributed by atoms with van der Waals surface area (Å²) in [4.78, 5) is 54.5. The maximum absolute atomic E-state index is 15.2. The van der Waals surface area contributed by atoms with E-state index in [1.807, 2.05) is 43.3 Å². The number of allylic oxidation sites excluding steroid dienone is 1. The van der Waals surface area contributed by atoms with Gasteiger partial charge in [-0.2, -0.15) is 13.2 Å². The summed E-state index contributed by atoms with van der Waals surface area (Å²) in [7, 11) is 0. The molecular formula is C61H49F4N3O10S2. The first kappa shape index (κ1) is 57.2. The maximum Gasteiger partial charge on any atom is 0.422 e. The number of aromatic nitrogens is 3. The van der Waals surface area contributed by atoms with E-state index in [1.165, 1.54) is 34.8 Å². The molecule has 6 aromatic carbocycles. The van der Waals surface area contributed by atoms with E-state index < -0.39 is 48.1 Å². The van der Waals surface area contributed by atoms with E-state index in [0.717, 1.165) is 39.9 Å². The topological polar surface area (TPSA) is 162 Å². The van der Waals surface area contributed by atoms with E-state index in [4.69, 9.17) is 33.4 Å². The average molecular weight is 1120 g/mol. The van der Waals surface area contributed by atoms with Gasteiger partial charge in [0.25, 0.3) is 0 Å². The number of carbonyl (C=O) groups is 4. The molecule has 2 aromatic heterocycles. The molecule has 0 radical (unpaired) electrons. The third-order valence-electron chi connectivity index (χ3n) is 12.1. The lowest BCUT2D eigenvalue weighted by Crippen LogP contribution is -2.21. The molecule has 0 aliphatic heterocycles. The third kappa shape index (κ3) is 15.0. The van der Waals surface area contributed by atoms with Crippen LogP contribution in [0.1, 0.15) is 69.2 Å². The first-order chi connectivity index (χ1) is 38.4. The van der Waals surface area contributed by atoms with Crippen LogP contribution in [0.15, 0.2) is 147 Å². The molecule has 0 aliphatic carbocycles. The van der Waals surface area contributed by atoms with E-state index in [-0.39, 0.29) is 73.4 Å². The zero-order valence-electron chi connectivity index (χ0n) is 43.2. The number of benzene rings is 6. The van der Waals surface area contributed by atoms with Gasteiger partial charge in [0.1, 0.15) is 52.6 Å². The second-order valence-corrected chi connectivity index (χ2v) is 19.9. The molecule has 13 nitrogen and oxygen atoms in total. The highest BCUT2D eigenvalue weighted by Crippen LogP contribution is 2.44. The van der Waals surface area contributed by atoms with Crippen LogP contribution in [0.3, 0.4) is 0 Å². The van der Waals surface area contributed by atoms with Crippen LogP contribution in [0.5, 0.6) is 23.0 Å². The van der Waals surface area contributed by atoms with Gasteiger partial charge in [0.05, 0.1) is 35.4 Å². The number of carbonyl (C=O) groups excluding carboxylic acids is 4. The zero-order chi connectivity index (χ0) is 56.9. The lowest BCUT2D eigenvalue weighted by molar-refractivity contribution is -0.150. The van der Waals surface area contributed by atoms with E-state index in [1.54, 1.807) is 54.6 Å². The van der Waals surface area contributed by atoms with Crippen molar-refractivity contribution in [2.24, 2.45) is 0 Å². The molecule has 80 heavy (non-hydrogen) atoms. The number of alkyl halides is 3. The summed E-state index contributed by atoms with van der Waals surface area (Å²) in [6.45, 7) is 13.3. The van der Waals surface area contributed by atoms with Gasteiger partial charge in [-0.05, 0) is 120 Å². The number of nitrogens with zero attached hydrogens (tertiary/aromatic N) is 3. The number of thiazole rings is 1. The first-order valence-electron chi connectivity index (χ1n) is 24.8. The monoisotopic (exact) mass is 1120 g/mol. The number of hydrogen-bond acceptors (Lipinski definition) is 15. The van der Waals surface area contributed by atoms with Crippen molar-refractivity contribution >= 4 is 67.5 Å². The molecule has 19 heteroatoms. The second kappa shape index (κ2) is 26.1. The number of rotatable bonds is 22. The molecular weight excluding hydrogens is 1070 g/mol. The molecule has 8 aromatic rings. The molecule has 1 unspecified atom stereocenters. The maximum atomic E-state index is 15.2. The molecule has 0 bridgehead atoms. The summed E-state index contributed by atoms with van der Waals surface area (Å²) < 4.78 is 88.5. The van der Waals surface area contributed by atoms with Gasteiger partial charge in [0.15, 0.2) is 10.0 Å². The summed E-state index contributed by atoms with van der Waals surface area (Å²) in [6, 6.07) is 30.6. The summed E-state index contributed by atoms with van der Waals surface area (Å²) >= 11 is 2.62. The minimum absolute atomic E-state index is 0.000400. The lowest BCUT2D eigenvalue weighted by Gasteiger charge is -2.18. The first-order valence-corrected chi connectivity index (χ1v) is 26.4. The van der Waals surface area contributed by atoms with Crippen molar-refractivity contribution in [1.29, 1.82) is 0 Å². The molecule has 1 atom stereocenters. The standard InChI is InChI=1S/C61H49F4N3O10S2/c1-6-9-37(4)40-17-22-50-52(32-40)79-53(66-50)23-24-54-67-68-58(80-54)48-33-47(73-26-8-27-76-59(71)38(5)61(63,64)65)35-51(74-28-29-75-55(69)7-2)57(48)43-14-12-42-31-44(15-13-41(42)30-43)60(72)78-46-21-16-39(49(62)34-46)18-25-56(70)77-45-19-10-36(3)11-20-45/h6-7,10-17,19-22,30-35,37H,1-2,5,8-9,18,25-29H2,3-4H3. The van der Waals surface area contributed by atoms with Crippen LogP contribution in [0.2, 0.25) is 0 Å². The van der Waals surface area contributed by atoms with Gasteiger partial charge in [-0.15, -0.1) is 28.1 Å². The van der Waals surface area contributed by atoms with Crippen molar-refractivity contribution in [3.05, 3.63) is 185 Å². The average Bonchev–Trinajstić information content (AvgIpc) is 4.13. The van der Waals surface area contributed by atoms with Crippen LogP contribution in [-0.4, -0.2) is 71.7 Å². The molecule has 0 saturated carbocycles. The normalized spacial score (nSPS) is 11.5. The van der Waals surface area contributed by atoms with Crippen molar-refractivity contribution < 1.29 is 65.2 Å². The third-order valence-corrected chi connectivity index (χ3v) is 13.9. The zero-order valence-corrected chi connectivity index (χ0v) is 44.8. The Hall–Kier alpha value is -8.99. The van der Waals surface area contributed by atoms with Crippen LogP contribution < -0.4 is 18.9 Å². The largest absolute Gasteiger partial charge is 0.493 e. The van der Waals surface area contributed by atoms with Crippen LogP contribution >= 0.6 is 22.7 Å². The molecule has 0 aliphatic rings. The molecule has 0 saturated heterocycles. The van der Waals surface area contributed by atoms with Crippen molar-refractivity contribution in [3.8, 4) is 56.5 Å². The highest BCUT2D eigenvalue weighted by molar-refractivity contribution is 7.19. The predicted octanol–water partition coefficient (Wildman–Crippen LogP) is 13.5. The van der Waals surface area contributed by atoms with Gasteiger partial charge in [-0.3, -0.25) is 4.79 Å². The summed E-state index contributed by atoms with van der Waals surface area (Å²) in [5, 5.41) is 11.5. The van der Waals surface area contributed by atoms with Gasteiger partial charge in [0.2, 0.25) is 0 Å². The Morgan fingerprint density at radius 2 is 1.51 bits per heavy atom. The highest BCUT2D eigenvalue weighted by Gasteiger charge is 2.38. The predicted molar refractivity (Wildman–Crippen MR) is 297 cm³/mol. The number of halogens is 4. The van der Waals surface area contributed by atoms with Crippen LogP contribution in [0.25, 0.3) is 42.7 Å². The van der Waals surface area contributed by atoms with Crippen LogP contribution in [0, 0.1) is 24.6 Å². The fourth-order valence-corrected chi connectivity index (χ4v) is 9.50. The summed E-state index contributed by atoms with van der Waals surface area (Å²) in [5.41, 5.74) is 3.31. The van der Waals surface area contributed by atoms with Crippen molar-refractivity contribution in [1.82, 2.24) is 15.2 Å². The van der Waals surface area contributed by atoms with Crippen LogP contribution in [0.4, 0.5) is 17.6 Å². The number of hydrogen-bond donors (Lipinski definition) is 0. The van der Waals surface area contributed by atoms with Crippen LogP contribution in [-0.2, 0) is 30.3 Å². The van der Waals surface area contributed by atoms with Gasteiger partial charge in [-0.1, -0.05) is 85.5 Å². The molecule has 0 fully saturated rings. The Bertz CT molecular complexity index is 3730. The van der Waals surface area contributed by atoms with E-state index >= 15 is 4.39 Å². The Morgan fingerprint density at radius 3 is 2.27 bits per heavy atom. The minimum Gasteiger partial charge on any atom is -0.493 e. The molecule has 0 spiro atoms. The quantitative estimate of drug-likeness (QED) is 0.0120. The second-order valence-electron chi connectivity index (χ2n) is 17.9. The fraction of sp³-hybridized carbons (Fsp3) is 0.197. The summed E-state index contributed by atoms with van der Waals surface area (Å²) in [6.07, 6.45) is -1.23. The number of ether oxygens (including phenoxy) is 6. The van der Waals surface area contributed by atoms with Gasteiger partial charge < -0.3 is 28.4 Å². The molecule has 0 amide bonds. The Balaban J connectivity index is 1.06. The van der Waals surface area contributed by atoms with Crippen molar-refractivity contribution in [2.75, 3.05) is 26.4 Å².